The van der Waals surface area contributed by atoms with E-state index in [-0.39, 0.29) is 12.0 Å². The van der Waals surface area contributed by atoms with Crippen molar-refractivity contribution in [3.05, 3.63) is 47.7 Å². The molecule has 0 aliphatic rings. The van der Waals surface area contributed by atoms with Crippen LogP contribution in [0.25, 0.3) is 21.6 Å². The van der Waals surface area contributed by atoms with Crippen molar-refractivity contribution in [1.29, 1.82) is 0 Å². The van der Waals surface area contributed by atoms with Crippen LogP contribution in [0.1, 0.15) is 38.5 Å². The summed E-state index contributed by atoms with van der Waals surface area (Å²) in [7, 11) is 0. The molecule has 1 N–H and O–H groups in total. The molecule has 1 unspecified atom stereocenters. The Morgan fingerprint density at radius 1 is 1.11 bits per heavy atom. The van der Waals surface area contributed by atoms with Gasteiger partial charge in [-0.3, -0.25) is 4.98 Å². The molecule has 0 aromatic carbocycles. The molecular weight excluding hydrogens is 360 g/mol. The van der Waals surface area contributed by atoms with Crippen LogP contribution < -0.4 is 5.32 Å². The van der Waals surface area contributed by atoms with Gasteiger partial charge in [-0.1, -0.05) is 25.9 Å². The number of thiophene rings is 1. The SMILES string of the molecule is CCc1nc(NC(c2nc(-c3ccncc3)no2)C(C)C)c2ccsc2n1. The summed E-state index contributed by atoms with van der Waals surface area (Å²) in [5, 5.41) is 10.7. The predicted octanol–water partition coefficient (Wildman–Crippen LogP) is 4.51. The van der Waals surface area contributed by atoms with E-state index < -0.39 is 0 Å². The van der Waals surface area contributed by atoms with Crippen molar-refractivity contribution < 1.29 is 4.52 Å². The Kier molecular flexibility index (Phi) is 4.81. The Labute approximate surface area is 160 Å². The molecule has 27 heavy (non-hydrogen) atoms. The molecule has 0 saturated heterocycles. The van der Waals surface area contributed by atoms with E-state index in [1.165, 1.54) is 0 Å². The van der Waals surface area contributed by atoms with Crippen molar-refractivity contribution in [2.75, 3.05) is 5.32 Å². The zero-order valence-corrected chi connectivity index (χ0v) is 16.2. The first-order chi connectivity index (χ1) is 13.2. The molecule has 1 atom stereocenters. The number of nitrogens with one attached hydrogen (secondary N) is 1. The molecule has 0 radical (unpaired) electrons. The highest BCUT2D eigenvalue weighted by atomic mass is 32.1. The average Bonchev–Trinajstić information content (AvgIpc) is 3.35. The van der Waals surface area contributed by atoms with Gasteiger partial charge < -0.3 is 9.84 Å². The smallest absolute Gasteiger partial charge is 0.249 e. The van der Waals surface area contributed by atoms with Crippen molar-refractivity contribution in [3.8, 4) is 11.4 Å². The van der Waals surface area contributed by atoms with Gasteiger partial charge in [0.2, 0.25) is 11.7 Å². The van der Waals surface area contributed by atoms with Crippen LogP contribution in [0.2, 0.25) is 0 Å². The average molecular weight is 380 g/mol. The highest BCUT2D eigenvalue weighted by Crippen LogP contribution is 2.31. The maximum atomic E-state index is 5.58. The van der Waals surface area contributed by atoms with E-state index in [2.05, 4.69) is 46.2 Å². The fourth-order valence-corrected chi connectivity index (χ4v) is 3.59. The van der Waals surface area contributed by atoms with Gasteiger partial charge in [-0.2, -0.15) is 4.98 Å². The molecule has 4 heterocycles. The molecule has 0 aliphatic carbocycles. The van der Waals surface area contributed by atoms with Crippen molar-refractivity contribution in [2.24, 2.45) is 5.92 Å². The number of hydrogen-bond acceptors (Lipinski definition) is 8. The number of fused-ring (bicyclic) bond motifs is 1. The predicted molar refractivity (Wildman–Crippen MR) is 106 cm³/mol. The minimum atomic E-state index is -0.157. The van der Waals surface area contributed by atoms with Crippen molar-refractivity contribution in [3.63, 3.8) is 0 Å². The van der Waals surface area contributed by atoms with E-state index in [9.17, 15) is 0 Å². The van der Waals surface area contributed by atoms with E-state index >= 15 is 0 Å². The molecule has 7 nitrogen and oxygen atoms in total. The van der Waals surface area contributed by atoms with E-state index in [1.54, 1.807) is 23.7 Å². The third kappa shape index (κ3) is 3.52. The topological polar surface area (TPSA) is 89.6 Å². The van der Waals surface area contributed by atoms with E-state index in [0.717, 1.165) is 33.8 Å². The second-order valence-electron chi connectivity index (χ2n) is 6.54. The number of aromatic nitrogens is 5. The lowest BCUT2D eigenvalue weighted by Crippen LogP contribution is -2.18. The van der Waals surface area contributed by atoms with Crippen LogP contribution in [-0.4, -0.2) is 25.1 Å². The third-order valence-electron chi connectivity index (χ3n) is 4.29. The Morgan fingerprint density at radius 2 is 1.93 bits per heavy atom. The molecule has 4 aromatic heterocycles. The van der Waals surface area contributed by atoms with Gasteiger partial charge in [-0.15, -0.1) is 11.3 Å². The lowest BCUT2D eigenvalue weighted by Gasteiger charge is -2.20. The monoisotopic (exact) mass is 380 g/mol. The largest absolute Gasteiger partial charge is 0.358 e. The molecular formula is C19H20N6OS. The molecule has 4 aromatic rings. The fourth-order valence-electron chi connectivity index (χ4n) is 2.81. The van der Waals surface area contributed by atoms with E-state index in [0.29, 0.717) is 11.7 Å². The van der Waals surface area contributed by atoms with E-state index in [1.807, 2.05) is 23.6 Å². The number of rotatable bonds is 6. The van der Waals surface area contributed by atoms with Crippen LogP contribution in [0.5, 0.6) is 0 Å². The van der Waals surface area contributed by atoms with Gasteiger partial charge in [0.25, 0.3) is 0 Å². The second kappa shape index (κ2) is 7.40. The summed E-state index contributed by atoms with van der Waals surface area (Å²) in [5.74, 6) is 2.94. The summed E-state index contributed by atoms with van der Waals surface area (Å²) in [6.45, 7) is 6.28. The first-order valence-electron chi connectivity index (χ1n) is 8.90. The lowest BCUT2D eigenvalue weighted by molar-refractivity contribution is 0.335. The number of hydrogen-bond donors (Lipinski definition) is 1. The number of anilines is 1. The number of pyridine rings is 1. The normalized spacial score (nSPS) is 12.6. The van der Waals surface area contributed by atoms with Crippen LogP contribution in [0.3, 0.4) is 0 Å². The summed E-state index contributed by atoms with van der Waals surface area (Å²) in [6.07, 6.45) is 4.20. The van der Waals surface area contributed by atoms with Crippen molar-refractivity contribution >= 4 is 27.4 Å². The molecule has 0 fully saturated rings. The van der Waals surface area contributed by atoms with Crippen molar-refractivity contribution in [1.82, 2.24) is 25.1 Å². The molecule has 8 heteroatoms. The zero-order chi connectivity index (χ0) is 18.8. The van der Waals surface area contributed by atoms with Gasteiger partial charge in [0.05, 0.1) is 5.39 Å². The first kappa shape index (κ1) is 17.5. The van der Waals surface area contributed by atoms with Crippen LogP contribution in [0.15, 0.2) is 40.5 Å². The Morgan fingerprint density at radius 3 is 2.67 bits per heavy atom. The maximum absolute atomic E-state index is 5.58. The van der Waals surface area contributed by atoms with Crippen LogP contribution in [0.4, 0.5) is 5.82 Å². The molecule has 0 bridgehead atoms. The summed E-state index contributed by atoms with van der Waals surface area (Å²) in [5.41, 5.74) is 0.873. The summed E-state index contributed by atoms with van der Waals surface area (Å²) >= 11 is 1.62. The Bertz CT molecular complexity index is 1040. The van der Waals surface area contributed by atoms with Crippen LogP contribution in [-0.2, 0) is 6.42 Å². The quantitative estimate of drug-likeness (QED) is 0.526. The zero-order valence-electron chi connectivity index (χ0n) is 15.4. The van der Waals surface area contributed by atoms with Crippen molar-refractivity contribution in [2.45, 2.75) is 33.2 Å². The van der Waals surface area contributed by atoms with Gasteiger partial charge >= 0.3 is 0 Å². The second-order valence-corrected chi connectivity index (χ2v) is 7.43. The summed E-state index contributed by atoms with van der Waals surface area (Å²) in [4.78, 5) is 18.9. The maximum Gasteiger partial charge on any atom is 0.249 e. The standard InChI is InChI=1S/C19H20N6OS/c1-4-14-21-17(13-7-10-27-19(13)22-14)23-15(11(2)3)18-24-16(25-26-18)12-5-8-20-9-6-12/h5-11,15H,4H2,1-3H3,(H,21,22,23). The van der Waals surface area contributed by atoms with Gasteiger partial charge in [0.15, 0.2) is 0 Å². The summed E-state index contributed by atoms with van der Waals surface area (Å²) < 4.78 is 5.58. The minimum Gasteiger partial charge on any atom is -0.358 e. The lowest BCUT2D eigenvalue weighted by atomic mass is 10.0. The highest BCUT2D eigenvalue weighted by Gasteiger charge is 2.24. The molecule has 4 rings (SSSR count). The van der Waals surface area contributed by atoms with Crippen LogP contribution in [0, 0.1) is 5.92 Å². The Balaban J connectivity index is 1.69. The molecule has 138 valence electrons. The molecule has 0 saturated carbocycles. The fraction of sp³-hybridized carbons (Fsp3) is 0.316. The van der Waals surface area contributed by atoms with Gasteiger partial charge in [-0.05, 0) is 29.5 Å². The summed E-state index contributed by atoms with van der Waals surface area (Å²) in [6, 6.07) is 5.60. The molecule has 0 spiro atoms. The number of aryl methyl sites for hydroxylation is 1. The molecule has 0 amide bonds. The first-order valence-corrected chi connectivity index (χ1v) is 9.78. The molecule has 0 aliphatic heterocycles. The van der Waals surface area contributed by atoms with Crippen LogP contribution >= 0.6 is 11.3 Å². The van der Waals surface area contributed by atoms with E-state index in [4.69, 9.17) is 9.51 Å². The third-order valence-corrected chi connectivity index (χ3v) is 5.10. The highest BCUT2D eigenvalue weighted by molar-refractivity contribution is 7.16. The van der Waals surface area contributed by atoms with Gasteiger partial charge in [-0.25, -0.2) is 9.97 Å². The van der Waals surface area contributed by atoms with Gasteiger partial charge in [0, 0.05) is 24.4 Å². The minimum absolute atomic E-state index is 0.157. The number of nitrogens with zero attached hydrogens (tertiary/aromatic N) is 5. The van der Waals surface area contributed by atoms with Gasteiger partial charge in [0.1, 0.15) is 22.5 Å². The Hall–Kier alpha value is -2.87.